The first-order chi connectivity index (χ1) is 5.41. The highest BCUT2D eigenvalue weighted by Gasteiger charge is 2.31. The predicted octanol–water partition coefficient (Wildman–Crippen LogP) is 1.94. The van der Waals surface area contributed by atoms with E-state index < -0.39 is 0 Å². The number of ether oxygens (including phenoxy) is 1. The molecule has 1 aliphatic heterocycles. The summed E-state index contributed by atoms with van der Waals surface area (Å²) >= 11 is 0. The summed E-state index contributed by atoms with van der Waals surface area (Å²) < 4.78 is 6.03. The van der Waals surface area contributed by atoms with Gasteiger partial charge in [-0.25, -0.2) is 0 Å². The molecule has 0 atom stereocenters. The van der Waals surface area contributed by atoms with Gasteiger partial charge in [-0.1, -0.05) is 0 Å². The highest BCUT2D eigenvalue weighted by Crippen LogP contribution is 2.27. The van der Waals surface area contributed by atoms with Gasteiger partial charge in [0.2, 0.25) is 0 Å². The molecule has 0 radical (unpaired) electrons. The number of hydrogen-bond acceptors (Lipinski definition) is 2. The maximum absolute atomic E-state index is 6.03. The van der Waals surface area contributed by atoms with Gasteiger partial charge in [0.05, 0.1) is 11.2 Å². The minimum Gasteiger partial charge on any atom is -0.370 e. The topological polar surface area (TPSA) is 21.3 Å². The summed E-state index contributed by atoms with van der Waals surface area (Å²) in [6.07, 6.45) is 2.26. The van der Waals surface area contributed by atoms with E-state index in [-0.39, 0.29) is 11.2 Å². The first-order valence-corrected chi connectivity index (χ1v) is 4.82. The second-order valence-corrected chi connectivity index (χ2v) is 4.91. The SMILES string of the molecule is CC(C)(C)OC1(C)CCNCC1. The number of hydrogen-bond donors (Lipinski definition) is 1. The van der Waals surface area contributed by atoms with Gasteiger partial charge in [0.1, 0.15) is 0 Å². The van der Waals surface area contributed by atoms with Crippen LogP contribution in [-0.2, 0) is 4.74 Å². The van der Waals surface area contributed by atoms with Crippen LogP contribution in [0.15, 0.2) is 0 Å². The Bertz CT molecular complexity index is 142. The van der Waals surface area contributed by atoms with E-state index in [1.165, 1.54) is 0 Å². The molecule has 12 heavy (non-hydrogen) atoms. The standard InChI is InChI=1S/C10H21NO/c1-9(2,3)12-10(4)5-7-11-8-6-10/h11H,5-8H2,1-4H3. The van der Waals surface area contributed by atoms with Gasteiger partial charge in [-0.15, -0.1) is 0 Å². The van der Waals surface area contributed by atoms with E-state index in [0.717, 1.165) is 25.9 Å². The van der Waals surface area contributed by atoms with Crippen molar-refractivity contribution in [2.45, 2.75) is 51.7 Å². The third kappa shape index (κ3) is 3.11. The summed E-state index contributed by atoms with van der Waals surface area (Å²) in [6, 6.07) is 0. The lowest BCUT2D eigenvalue weighted by Gasteiger charge is -2.39. The van der Waals surface area contributed by atoms with Crippen LogP contribution in [0.5, 0.6) is 0 Å². The van der Waals surface area contributed by atoms with Crippen molar-refractivity contribution in [3.8, 4) is 0 Å². The molecule has 0 aromatic carbocycles. The number of nitrogens with one attached hydrogen (secondary N) is 1. The van der Waals surface area contributed by atoms with E-state index >= 15 is 0 Å². The van der Waals surface area contributed by atoms with Gasteiger partial charge < -0.3 is 10.1 Å². The smallest absolute Gasteiger partial charge is 0.0685 e. The lowest BCUT2D eigenvalue weighted by molar-refractivity contribution is -0.134. The van der Waals surface area contributed by atoms with Gasteiger partial charge in [0.15, 0.2) is 0 Å². The second-order valence-electron chi connectivity index (χ2n) is 4.91. The molecule has 2 heteroatoms. The lowest BCUT2D eigenvalue weighted by atomic mass is 9.93. The highest BCUT2D eigenvalue weighted by atomic mass is 16.5. The normalized spacial score (nSPS) is 24.0. The third-order valence-electron chi connectivity index (χ3n) is 2.21. The molecule has 1 aliphatic rings. The first kappa shape index (κ1) is 10.0. The minimum atomic E-state index is -0.00785. The molecule has 1 saturated heterocycles. The molecule has 2 nitrogen and oxygen atoms in total. The molecule has 0 aromatic rings. The maximum Gasteiger partial charge on any atom is 0.0685 e. The lowest BCUT2D eigenvalue weighted by Crippen LogP contribution is -2.45. The van der Waals surface area contributed by atoms with Gasteiger partial charge in [-0.3, -0.25) is 0 Å². The van der Waals surface area contributed by atoms with Gasteiger partial charge in [0, 0.05) is 0 Å². The van der Waals surface area contributed by atoms with Crippen LogP contribution in [0.2, 0.25) is 0 Å². The van der Waals surface area contributed by atoms with Gasteiger partial charge in [-0.2, -0.15) is 0 Å². The van der Waals surface area contributed by atoms with Crippen molar-refractivity contribution in [2.75, 3.05) is 13.1 Å². The zero-order valence-corrected chi connectivity index (χ0v) is 8.74. The highest BCUT2D eigenvalue weighted by molar-refractivity contribution is 4.84. The third-order valence-corrected chi connectivity index (χ3v) is 2.21. The first-order valence-electron chi connectivity index (χ1n) is 4.82. The van der Waals surface area contributed by atoms with Crippen LogP contribution in [0.25, 0.3) is 0 Å². The van der Waals surface area contributed by atoms with E-state index in [0.29, 0.717) is 0 Å². The van der Waals surface area contributed by atoms with E-state index in [2.05, 4.69) is 33.0 Å². The maximum atomic E-state index is 6.03. The fourth-order valence-electron chi connectivity index (χ4n) is 1.80. The Morgan fingerprint density at radius 3 is 2.08 bits per heavy atom. The van der Waals surface area contributed by atoms with Crippen molar-refractivity contribution in [2.24, 2.45) is 0 Å². The molecule has 0 bridgehead atoms. The second kappa shape index (κ2) is 3.35. The van der Waals surface area contributed by atoms with Gasteiger partial charge in [0.25, 0.3) is 0 Å². The van der Waals surface area contributed by atoms with Crippen molar-refractivity contribution in [3.05, 3.63) is 0 Å². The Morgan fingerprint density at radius 1 is 1.17 bits per heavy atom. The number of piperidine rings is 1. The minimum absolute atomic E-state index is 0.00785. The molecule has 1 rings (SSSR count). The predicted molar refractivity (Wildman–Crippen MR) is 51.3 cm³/mol. The Balaban J connectivity index is 2.47. The molecular weight excluding hydrogens is 150 g/mol. The molecule has 72 valence electrons. The van der Waals surface area contributed by atoms with Crippen LogP contribution in [0.1, 0.15) is 40.5 Å². The van der Waals surface area contributed by atoms with Crippen molar-refractivity contribution >= 4 is 0 Å². The molecule has 1 heterocycles. The van der Waals surface area contributed by atoms with Gasteiger partial charge in [-0.05, 0) is 53.6 Å². The summed E-state index contributed by atoms with van der Waals surface area (Å²) in [4.78, 5) is 0. The Morgan fingerprint density at radius 2 is 1.67 bits per heavy atom. The molecular formula is C10H21NO. The van der Waals surface area contributed by atoms with Crippen LogP contribution < -0.4 is 5.32 Å². The van der Waals surface area contributed by atoms with Gasteiger partial charge >= 0.3 is 0 Å². The van der Waals surface area contributed by atoms with Crippen molar-refractivity contribution in [1.82, 2.24) is 5.32 Å². The van der Waals surface area contributed by atoms with E-state index in [1.54, 1.807) is 0 Å². The fraction of sp³-hybridized carbons (Fsp3) is 1.00. The largest absolute Gasteiger partial charge is 0.370 e. The van der Waals surface area contributed by atoms with Crippen LogP contribution in [0.4, 0.5) is 0 Å². The average molecular weight is 171 g/mol. The molecule has 0 aliphatic carbocycles. The quantitative estimate of drug-likeness (QED) is 0.651. The molecule has 0 saturated carbocycles. The van der Waals surface area contributed by atoms with Crippen LogP contribution in [0.3, 0.4) is 0 Å². The molecule has 0 unspecified atom stereocenters. The van der Waals surface area contributed by atoms with Crippen molar-refractivity contribution in [3.63, 3.8) is 0 Å². The van der Waals surface area contributed by atoms with Crippen LogP contribution in [0, 0.1) is 0 Å². The van der Waals surface area contributed by atoms with Crippen molar-refractivity contribution in [1.29, 1.82) is 0 Å². The fourth-order valence-corrected chi connectivity index (χ4v) is 1.80. The Kier molecular flexibility index (Phi) is 2.79. The number of rotatable bonds is 1. The van der Waals surface area contributed by atoms with E-state index in [9.17, 15) is 0 Å². The molecule has 0 amide bonds. The molecule has 0 aromatic heterocycles. The summed E-state index contributed by atoms with van der Waals surface area (Å²) in [5.74, 6) is 0. The molecule has 0 spiro atoms. The Labute approximate surface area is 75.7 Å². The van der Waals surface area contributed by atoms with Crippen molar-refractivity contribution < 1.29 is 4.74 Å². The average Bonchev–Trinajstić information content (AvgIpc) is 1.83. The monoisotopic (exact) mass is 171 g/mol. The van der Waals surface area contributed by atoms with E-state index in [4.69, 9.17) is 4.74 Å². The molecule has 1 fully saturated rings. The summed E-state index contributed by atoms with van der Waals surface area (Å²) in [6.45, 7) is 10.8. The zero-order valence-electron chi connectivity index (χ0n) is 8.74. The van der Waals surface area contributed by atoms with Crippen LogP contribution >= 0.6 is 0 Å². The summed E-state index contributed by atoms with van der Waals surface area (Å²) in [7, 11) is 0. The Hall–Kier alpha value is -0.0800. The van der Waals surface area contributed by atoms with E-state index in [1.807, 2.05) is 0 Å². The summed E-state index contributed by atoms with van der Waals surface area (Å²) in [5, 5.41) is 3.35. The van der Waals surface area contributed by atoms with Crippen LogP contribution in [-0.4, -0.2) is 24.3 Å². The summed E-state index contributed by atoms with van der Waals surface area (Å²) in [5.41, 5.74) is 0.0928. The zero-order chi connectivity index (χ0) is 9.24. The molecule has 1 N–H and O–H groups in total.